The number of carbonyl (C=O) groups excluding carboxylic acids is 2. The predicted molar refractivity (Wildman–Crippen MR) is 166 cm³/mol. The average molecular weight is 624 g/mol. The zero-order valence-electron chi connectivity index (χ0n) is 24.2. The normalized spacial score (nSPS) is 17.9. The Hall–Kier alpha value is -3.24. The van der Waals surface area contributed by atoms with E-state index in [0.717, 1.165) is 36.8 Å². The maximum absolute atomic E-state index is 14.0. The minimum absolute atomic E-state index is 0.0296. The highest BCUT2D eigenvalue weighted by atomic mass is 35.5. The molecule has 3 aromatic carbocycles. The molecule has 2 fully saturated rings. The number of ether oxygens (including phenoxy) is 1. The molecule has 228 valence electrons. The highest BCUT2D eigenvalue weighted by Gasteiger charge is 2.32. The van der Waals surface area contributed by atoms with Crippen molar-refractivity contribution in [2.75, 3.05) is 26.2 Å². The third-order valence-corrected chi connectivity index (χ3v) is 10.2. The summed E-state index contributed by atoms with van der Waals surface area (Å²) in [4.78, 5) is 29.6. The number of hydrogen-bond donors (Lipinski definition) is 1. The molecule has 0 unspecified atom stereocenters. The number of aryl methyl sites for hydroxylation is 1. The van der Waals surface area contributed by atoms with Gasteiger partial charge in [0.2, 0.25) is 21.8 Å². The van der Waals surface area contributed by atoms with E-state index in [1.165, 1.54) is 4.31 Å². The van der Waals surface area contributed by atoms with Gasteiger partial charge in [-0.3, -0.25) is 9.59 Å². The first kappa shape index (κ1) is 31.2. The number of nitrogens with one attached hydrogen (secondary N) is 1. The summed E-state index contributed by atoms with van der Waals surface area (Å²) >= 11 is 6.12. The Bertz CT molecular complexity index is 1470. The minimum atomic E-state index is -3.51. The van der Waals surface area contributed by atoms with Crippen LogP contribution in [0, 0.1) is 0 Å². The van der Waals surface area contributed by atoms with Crippen molar-refractivity contribution in [3.8, 4) is 0 Å². The zero-order chi connectivity index (χ0) is 30.2. The van der Waals surface area contributed by atoms with Crippen LogP contribution in [-0.2, 0) is 37.3 Å². The van der Waals surface area contributed by atoms with Crippen LogP contribution in [0.4, 0.5) is 0 Å². The lowest BCUT2D eigenvalue weighted by atomic mass is 10.0. The molecule has 8 nitrogen and oxygen atoms in total. The van der Waals surface area contributed by atoms with Gasteiger partial charge in [-0.25, -0.2) is 8.42 Å². The van der Waals surface area contributed by atoms with Gasteiger partial charge < -0.3 is 15.0 Å². The molecule has 0 aliphatic carbocycles. The number of sulfonamides is 1. The predicted octanol–water partition coefficient (Wildman–Crippen LogP) is 5.12. The third kappa shape index (κ3) is 8.03. The largest absolute Gasteiger partial charge is 0.376 e. The third-order valence-electron chi connectivity index (χ3n) is 8.04. The van der Waals surface area contributed by atoms with E-state index in [2.05, 4.69) is 5.32 Å². The van der Waals surface area contributed by atoms with Crippen molar-refractivity contribution in [1.82, 2.24) is 14.5 Å². The lowest BCUT2D eigenvalue weighted by Crippen LogP contribution is -2.45. The van der Waals surface area contributed by atoms with Gasteiger partial charge in [0.25, 0.3) is 0 Å². The lowest BCUT2D eigenvalue weighted by Gasteiger charge is -2.32. The maximum Gasteiger partial charge on any atom is 0.247 e. The lowest BCUT2D eigenvalue weighted by molar-refractivity contribution is -0.141. The number of rotatable bonds is 12. The Labute approximate surface area is 259 Å². The number of carbonyl (C=O) groups is 2. The van der Waals surface area contributed by atoms with E-state index in [0.29, 0.717) is 43.2 Å². The topological polar surface area (TPSA) is 96.0 Å². The van der Waals surface area contributed by atoms with E-state index in [4.69, 9.17) is 16.3 Å². The fourth-order valence-corrected chi connectivity index (χ4v) is 7.28. The van der Waals surface area contributed by atoms with E-state index >= 15 is 0 Å². The van der Waals surface area contributed by atoms with Crippen molar-refractivity contribution < 1.29 is 22.7 Å². The molecule has 0 aromatic heterocycles. The summed E-state index contributed by atoms with van der Waals surface area (Å²) in [6.07, 6.45) is 4.13. The number of amides is 2. The molecule has 0 spiro atoms. The molecule has 5 rings (SSSR count). The molecule has 10 heteroatoms. The smallest absolute Gasteiger partial charge is 0.247 e. The molecule has 2 heterocycles. The summed E-state index contributed by atoms with van der Waals surface area (Å²) in [5, 5.41) is 3.62. The molecule has 2 saturated heterocycles. The summed E-state index contributed by atoms with van der Waals surface area (Å²) in [6.45, 7) is 2.39. The van der Waals surface area contributed by atoms with Crippen LogP contribution in [0.5, 0.6) is 0 Å². The zero-order valence-corrected chi connectivity index (χ0v) is 25.7. The van der Waals surface area contributed by atoms with E-state index in [-0.39, 0.29) is 35.8 Å². The summed E-state index contributed by atoms with van der Waals surface area (Å²) < 4.78 is 33.1. The number of benzene rings is 3. The summed E-state index contributed by atoms with van der Waals surface area (Å²) in [6, 6.07) is 22.5. The van der Waals surface area contributed by atoms with E-state index in [1.807, 2.05) is 42.5 Å². The highest BCUT2D eigenvalue weighted by Crippen LogP contribution is 2.27. The summed E-state index contributed by atoms with van der Waals surface area (Å²) in [5.74, 6) is -0.453. The van der Waals surface area contributed by atoms with E-state index in [1.54, 1.807) is 41.3 Å². The van der Waals surface area contributed by atoms with Crippen molar-refractivity contribution in [3.05, 3.63) is 101 Å². The first-order valence-corrected chi connectivity index (χ1v) is 16.7. The van der Waals surface area contributed by atoms with Crippen LogP contribution >= 0.6 is 11.6 Å². The molecular weight excluding hydrogens is 586 g/mol. The van der Waals surface area contributed by atoms with Crippen LogP contribution in [0.2, 0.25) is 5.02 Å². The molecule has 2 aliphatic heterocycles. The quantitative estimate of drug-likeness (QED) is 0.302. The SMILES string of the molecule is O=C(NC[C@H]1CCCO1)[C@@H](c1ccccc1)N(Cc1ccc(Cl)cc1)C(=O)CCc1ccc(S(=O)(=O)N2CCCC2)cc1. The Morgan fingerprint density at radius 2 is 1.60 bits per heavy atom. The van der Waals surface area contributed by atoms with Crippen LogP contribution in [0.15, 0.2) is 83.8 Å². The van der Waals surface area contributed by atoms with Gasteiger partial charge in [0.1, 0.15) is 6.04 Å². The van der Waals surface area contributed by atoms with Crippen molar-refractivity contribution in [1.29, 1.82) is 0 Å². The first-order chi connectivity index (χ1) is 20.8. The van der Waals surface area contributed by atoms with E-state index < -0.39 is 16.1 Å². The molecule has 2 atom stereocenters. The summed E-state index contributed by atoms with van der Waals surface area (Å²) in [5.41, 5.74) is 2.41. The second kappa shape index (κ2) is 14.5. The first-order valence-electron chi connectivity index (χ1n) is 14.9. The molecule has 43 heavy (non-hydrogen) atoms. The fraction of sp³-hybridized carbons (Fsp3) is 0.394. The van der Waals surface area contributed by atoms with Gasteiger partial charge in [-0.05, 0) is 73.1 Å². The molecule has 0 bridgehead atoms. The van der Waals surface area contributed by atoms with Gasteiger partial charge in [-0.1, -0.05) is 66.2 Å². The Kier molecular flexibility index (Phi) is 10.5. The van der Waals surface area contributed by atoms with Crippen molar-refractivity contribution in [2.45, 2.75) is 62.1 Å². The van der Waals surface area contributed by atoms with Crippen LogP contribution in [0.3, 0.4) is 0 Å². The second-order valence-corrected chi connectivity index (χ2v) is 13.5. The molecule has 3 aromatic rings. The number of hydrogen-bond acceptors (Lipinski definition) is 5. The molecule has 2 amide bonds. The number of nitrogens with zero attached hydrogens (tertiary/aromatic N) is 2. The van der Waals surface area contributed by atoms with Crippen LogP contribution < -0.4 is 5.32 Å². The van der Waals surface area contributed by atoms with Gasteiger partial charge >= 0.3 is 0 Å². The maximum atomic E-state index is 14.0. The molecule has 0 saturated carbocycles. The van der Waals surface area contributed by atoms with E-state index in [9.17, 15) is 18.0 Å². The average Bonchev–Trinajstić information content (AvgIpc) is 3.76. The Balaban J connectivity index is 1.35. The molecule has 2 aliphatic rings. The van der Waals surface area contributed by atoms with Crippen molar-refractivity contribution >= 4 is 33.4 Å². The number of halogens is 1. The van der Waals surface area contributed by atoms with Gasteiger partial charge in [0.15, 0.2) is 0 Å². The second-order valence-electron chi connectivity index (χ2n) is 11.1. The van der Waals surface area contributed by atoms with Crippen molar-refractivity contribution in [3.63, 3.8) is 0 Å². The molecular formula is C33H38ClN3O5S. The minimum Gasteiger partial charge on any atom is -0.376 e. The highest BCUT2D eigenvalue weighted by molar-refractivity contribution is 7.89. The fourth-order valence-electron chi connectivity index (χ4n) is 5.64. The van der Waals surface area contributed by atoms with Gasteiger partial charge in [0, 0.05) is 44.2 Å². The van der Waals surface area contributed by atoms with Gasteiger partial charge in [-0.2, -0.15) is 4.31 Å². The monoisotopic (exact) mass is 623 g/mol. The Morgan fingerprint density at radius 3 is 2.26 bits per heavy atom. The molecule has 0 radical (unpaired) electrons. The van der Waals surface area contributed by atoms with Gasteiger partial charge in [0.05, 0.1) is 11.0 Å². The van der Waals surface area contributed by atoms with Crippen molar-refractivity contribution in [2.24, 2.45) is 0 Å². The summed E-state index contributed by atoms with van der Waals surface area (Å²) in [7, 11) is -3.51. The van der Waals surface area contributed by atoms with Crippen LogP contribution in [-0.4, -0.2) is 61.8 Å². The Morgan fingerprint density at radius 1 is 0.930 bits per heavy atom. The van der Waals surface area contributed by atoms with Crippen LogP contribution in [0.25, 0.3) is 0 Å². The van der Waals surface area contributed by atoms with Gasteiger partial charge in [-0.15, -0.1) is 0 Å². The van der Waals surface area contributed by atoms with Crippen LogP contribution in [0.1, 0.15) is 54.8 Å². The standard InChI is InChI=1S/C33H38ClN3O5S/c34-28-15-10-26(11-16-28)24-37(32(27-7-2-1-3-8-27)33(39)35-23-29-9-6-22-42-29)31(38)19-14-25-12-17-30(18-13-25)43(40,41)36-20-4-5-21-36/h1-3,7-8,10-13,15-18,29,32H,4-6,9,14,19-24H2,(H,35,39)/t29-,32-/m1/s1. The molecule has 1 N–H and O–H groups in total.